The van der Waals surface area contributed by atoms with Crippen molar-refractivity contribution in [1.29, 1.82) is 0 Å². The molecule has 5 heteroatoms. The average molecular weight is 331 g/mol. The number of pyridine rings is 1. The number of carbonyl (C=O) groups excluding carboxylic acids is 1. The molecule has 1 amide bonds. The Bertz CT molecular complexity index is 506. The summed E-state index contributed by atoms with van der Waals surface area (Å²) in [5, 5.41) is 2.97. The SMILES string of the molecule is O=C(CCCC1CCCCC1)Nc1ccc(N2CCOCC2)nc1. The Hall–Kier alpha value is -1.62. The fourth-order valence-electron chi connectivity index (χ4n) is 3.69. The van der Waals surface area contributed by atoms with Gasteiger partial charge in [0.25, 0.3) is 0 Å². The van der Waals surface area contributed by atoms with Crippen molar-refractivity contribution in [2.75, 3.05) is 36.5 Å². The summed E-state index contributed by atoms with van der Waals surface area (Å²) in [4.78, 5) is 18.7. The summed E-state index contributed by atoms with van der Waals surface area (Å²) in [6.07, 6.45) is 11.4. The zero-order chi connectivity index (χ0) is 16.6. The van der Waals surface area contributed by atoms with Crippen molar-refractivity contribution < 1.29 is 9.53 Å². The molecule has 1 saturated heterocycles. The lowest BCUT2D eigenvalue weighted by atomic mass is 9.86. The maximum atomic E-state index is 12.1. The maximum Gasteiger partial charge on any atom is 0.224 e. The first kappa shape index (κ1) is 17.2. The van der Waals surface area contributed by atoms with Gasteiger partial charge >= 0.3 is 0 Å². The lowest BCUT2D eigenvalue weighted by Crippen LogP contribution is -2.36. The molecule has 2 aliphatic rings. The number of nitrogens with one attached hydrogen (secondary N) is 1. The highest BCUT2D eigenvalue weighted by atomic mass is 16.5. The minimum absolute atomic E-state index is 0.103. The Labute approximate surface area is 144 Å². The first-order chi connectivity index (χ1) is 11.8. The minimum atomic E-state index is 0.103. The van der Waals surface area contributed by atoms with E-state index in [4.69, 9.17) is 4.74 Å². The molecule has 0 radical (unpaired) electrons. The highest BCUT2D eigenvalue weighted by Crippen LogP contribution is 2.27. The van der Waals surface area contributed by atoms with Crippen LogP contribution in [0.3, 0.4) is 0 Å². The Balaban J connectivity index is 1.39. The van der Waals surface area contributed by atoms with E-state index in [1.807, 2.05) is 12.1 Å². The Morgan fingerprint density at radius 3 is 2.71 bits per heavy atom. The Kier molecular flexibility index (Phi) is 6.47. The quantitative estimate of drug-likeness (QED) is 0.865. The van der Waals surface area contributed by atoms with Crippen LogP contribution in [0.4, 0.5) is 11.5 Å². The van der Waals surface area contributed by atoms with Gasteiger partial charge < -0.3 is 15.0 Å². The van der Waals surface area contributed by atoms with Gasteiger partial charge in [-0.2, -0.15) is 0 Å². The van der Waals surface area contributed by atoms with Crippen LogP contribution < -0.4 is 10.2 Å². The zero-order valence-electron chi connectivity index (χ0n) is 14.5. The third-order valence-corrected chi connectivity index (χ3v) is 5.11. The molecule has 1 aromatic rings. The largest absolute Gasteiger partial charge is 0.378 e. The van der Waals surface area contributed by atoms with E-state index in [-0.39, 0.29) is 5.91 Å². The van der Waals surface area contributed by atoms with Gasteiger partial charge in [-0.05, 0) is 30.9 Å². The number of amides is 1. The van der Waals surface area contributed by atoms with E-state index in [2.05, 4.69) is 15.2 Å². The predicted molar refractivity (Wildman–Crippen MR) is 96.3 cm³/mol. The number of carbonyl (C=O) groups is 1. The van der Waals surface area contributed by atoms with Gasteiger partial charge in [0, 0.05) is 19.5 Å². The lowest BCUT2D eigenvalue weighted by Gasteiger charge is -2.27. The molecule has 5 nitrogen and oxygen atoms in total. The molecule has 1 aliphatic heterocycles. The molecule has 2 heterocycles. The van der Waals surface area contributed by atoms with Gasteiger partial charge in [0.15, 0.2) is 0 Å². The van der Waals surface area contributed by atoms with E-state index in [1.54, 1.807) is 6.20 Å². The van der Waals surface area contributed by atoms with Crippen molar-refractivity contribution in [3.05, 3.63) is 18.3 Å². The van der Waals surface area contributed by atoms with Gasteiger partial charge in [-0.3, -0.25) is 4.79 Å². The molecule has 0 unspecified atom stereocenters. The summed E-state index contributed by atoms with van der Waals surface area (Å²) in [5.41, 5.74) is 0.787. The molecule has 1 N–H and O–H groups in total. The van der Waals surface area contributed by atoms with Gasteiger partial charge in [0.1, 0.15) is 5.82 Å². The highest BCUT2D eigenvalue weighted by Gasteiger charge is 2.14. The van der Waals surface area contributed by atoms with Crippen LogP contribution in [0.1, 0.15) is 51.4 Å². The number of rotatable bonds is 6. The number of anilines is 2. The van der Waals surface area contributed by atoms with E-state index in [1.165, 1.54) is 38.5 Å². The molecule has 1 aliphatic carbocycles. The van der Waals surface area contributed by atoms with E-state index < -0.39 is 0 Å². The smallest absolute Gasteiger partial charge is 0.224 e. The standard InChI is InChI=1S/C19H29N3O2/c23-19(8-4-7-16-5-2-1-3-6-16)21-17-9-10-18(20-15-17)22-11-13-24-14-12-22/h9-10,15-16H,1-8,11-14H2,(H,21,23). The van der Waals surface area contributed by atoms with Crippen molar-refractivity contribution >= 4 is 17.4 Å². The normalized spacial score (nSPS) is 19.2. The molecule has 0 spiro atoms. The summed E-state index contributed by atoms with van der Waals surface area (Å²) in [6, 6.07) is 3.92. The summed E-state index contributed by atoms with van der Waals surface area (Å²) in [5.74, 6) is 1.90. The average Bonchev–Trinajstić information content (AvgIpc) is 2.64. The second-order valence-electron chi connectivity index (χ2n) is 6.95. The molecule has 2 fully saturated rings. The molecule has 1 saturated carbocycles. The number of ether oxygens (including phenoxy) is 1. The monoisotopic (exact) mass is 331 g/mol. The van der Waals surface area contributed by atoms with Crippen molar-refractivity contribution in [2.45, 2.75) is 51.4 Å². The van der Waals surface area contributed by atoms with Gasteiger partial charge in [-0.15, -0.1) is 0 Å². The molecular formula is C19H29N3O2. The van der Waals surface area contributed by atoms with Crippen LogP contribution in [0.25, 0.3) is 0 Å². The van der Waals surface area contributed by atoms with Crippen molar-refractivity contribution in [2.24, 2.45) is 5.92 Å². The third-order valence-electron chi connectivity index (χ3n) is 5.11. The molecule has 1 aromatic heterocycles. The van der Waals surface area contributed by atoms with Gasteiger partial charge in [0.2, 0.25) is 5.91 Å². The lowest BCUT2D eigenvalue weighted by molar-refractivity contribution is -0.116. The summed E-state index contributed by atoms with van der Waals surface area (Å²) >= 11 is 0. The van der Waals surface area contributed by atoms with Gasteiger partial charge in [-0.25, -0.2) is 4.98 Å². The number of hydrogen-bond donors (Lipinski definition) is 1. The van der Waals surface area contributed by atoms with E-state index in [0.717, 1.165) is 50.1 Å². The van der Waals surface area contributed by atoms with Crippen LogP contribution >= 0.6 is 0 Å². The number of morpholine rings is 1. The summed E-state index contributed by atoms with van der Waals surface area (Å²) in [6.45, 7) is 3.25. The molecule has 3 rings (SSSR count). The predicted octanol–water partition coefficient (Wildman–Crippen LogP) is 3.61. The molecular weight excluding hydrogens is 302 g/mol. The first-order valence-corrected chi connectivity index (χ1v) is 9.40. The molecule has 0 bridgehead atoms. The van der Waals surface area contributed by atoms with Crippen LogP contribution in [0.2, 0.25) is 0 Å². The van der Waals surface area contributed by atoms with Crippen LogP contribution in [-0.4, -0.2) is 37.2 Å². The van der Waals surface area contributed by atoms with Crippen LogP contribution in [-0.2, 0) is 9.53 Å². The zero-order valence-corrected chi connectivity index (χ0v) is 14.5. The number of aromatic nitrogens is 1. The third kappa shape index (κ3) is 5.20. The molecule has 24 heavy (non-hydrogen) atoms. The van der Waals surface area contributed by atoms with E-state index in [0.29, 0.717) is 6.42 Å². The van der Waals surface area contributed by atoms with Crippen LogP contribution in [0, 0.1) is 5.92 Å². The fourth-order valence-corrected chi connectivity index (χ4v) is 3.69. The maximum absolute atomic E-state index is 12.1. The van der Waals surface area contributed by atoms with Crippen molar-refractivity contribution in [3.8, 4) is 0 Å². The second-order valence-corrected chi connectivity index (χ2v) is 6.95. The fraction of sp³-hybridized carbons (Fsp3) is 0.684. The number of nitrogens with zero attached hydrogens (tertiary/aromatic N) is 2. The van der Waals surface area contributed by atoms with Gasteiger partial charge in [-0.1, -0.05) is 32.1 Å². The first-order valence-electron chi connectivity index (χ1n) is 9.40. The van der Waals surface area contributed by atoms with E-state index >= 15 is 0 Å². The highest BCUT2D eigenvalue weighted by molar-refractivity contribution is 5.90. The molecule has 132 valence electrons. The second kappa shape index (κ2) is 9.02. The number of hydrogen-bond acceptors (Lipinski definition) is 4. The van der Waals surface area contributed by atoms with Crippen molar-refractivity contribution in [1.82, 2.24) is 4.98 Å². The van der Waals surface area contributed by atoms with Crippen LogP contribution in [0.5, 0.6) is 0 Å². The topological polar surface area (TPSA) is 54.5 Å². The van der Waals surface area contributed by atoms with Gasteiger partial charge in [0.05, 0.1) is 25.1 Å². The summed E-state index contributed by atoms with van der Waals surface area (Å²) < 4.78 is 5.35. The Morgan fingerprint density at radius 1 is 1.21 bits per heavy atom. The molecule has 0 atom stereocenters. The van der Waals surface area contributed by atoms with Crippen LogP contribution in [0.15, 0.2) is 18.3 Å². The molecule has 0 aromatic carbocycles. The van der Waals surface area contributed by atoms with Crippen molar-refractivity contribution in [3.63, 3.8) is 0 Å². The Morgan fingerprint density at radius 2 is 2.00 bits per heavy atom. The summed E-state index contributed by atoms with van der Waals surface area (Å²) in [7, 11) is 0. The minimum Gasteiger partial charge on any atom is -0.378 e. The van der Waals surface area contributed by atoms with E-state index in [9.17, 15) is 4.79 Å².